The van der Waals surface area contributed by atoms with E-state index in [1.807, 2.05) is 0 Å². The molecular formula is C23H24F2N2O4. The van der Waals surface area contributed by atoms with Crippen molar-refractivity contribution in [2.45, 2.75) is 19.3 Å². The fraction of sp³-hybridized carbons (Fsp3) is 0.391. The number of Topliss-reactive ketones (excluding diaryl/α,β-unsaturated/α-hetero) is 1. The number of nitrogens with one attached hydrogen (secondary N) is 1. The Labute approximate surface area is 179 Å². The second-order valence-electron chi connectivity index (χ2n) is 7.77. The van der Waals surface area contributed by atoms with Gasteiger partial charge >= 0.3 is 0 Å². The number of hydrogen-bond acceptors (Lipinski definition) is 5. The van der Waals surface area contributed by atoms with E-state index in [0.717, 1.165) is 38.1 Å². The van der Waals surface area contributed by atoms with E-state index in [-0.39, 0.29) is 29.7 Å². The van der Waals surface area contributed by atoms with Crippen molar-refractivity contribution in [1.29, 1.82) is 0 Å². The van der Waals surface area contributed by atoms with Crippen LogP contribution in [0.2, 0.25) is 0 Å². The van der Waals surface area contributed by atoms with E-state index in [4.69, 9.17) is 9.47 Å². The zero-order valence-corrected chi connectivity index (χ0v) is 17.0. The third-order valence-corrected chi connectivity index (χ3v) is 5.64. The van der Waals surface area contributed by atoms with Crippen molar-refractivity contribution in [1.82, 2.24) is 4.90 Å². The number of piperidine rings is 1. The van der Waals surface area contributed by atoms with Gasteiger partial charge in [-0.15, -0.1) is 0 Å². The number of benzene rings is 2. The Bertz CT molecular complexity index is 974. The van der Waals surface area contributed by atoms with Crippen LogP contribution in [0.5, 0.6) is 11.5 Å². The highest BCUT2D eigenvalue weighted by molar-refractivity contribution is 5.98. The third-order valence-electron chi connectivity index (χ3n) is 5.64. The molecule has 0 saturated carbocycles. The number of halogens is 2. The molecular weight excluding hydrogens is 406 g/mol. The molecule has 6 nitrogen and oxygen atoms in total. The Morgan fingerprint density at radius 1 is 0.968 bits per heavy atom. The normalized spacial score (nSPS) is 16.7. The second kappa shape index (κ2) is 9.43. The minimum absolute atomic E-state index is 0.0603. The molecule has 164 valence electrons. The quantitative estimate of drug-likeness (QED) is 0.709. The molecule has 1 amide bonds. The van der Waals surface area contributed by atoms with Gasteiger partial charge in [0.15, 0.2) is 28.9 Å². The van der Waals surface area contributed by atoms with Crippen LogP contribution >= 0.6 is 0 Å². The molecule has 2 aliphatic rings. The molecule has 1 fully saturated rings. The molecule has 1 N–H and O–H groups in total. The lowest BCUT2D eigenvalue weighted by atomic mass is 9.88. The number of ketones is 1. The minimum Gasteiger partial charge on any atom is -0.486 e. The number of carbonyl (C=O) groups is 2. The van der Waals surface area contributed by atoms with Crippen molar-refractivity contribution >= 4 is 17.4 Å². The van der Waals surface area contributed by atoms with Gasteiger partial charge in [0, 0.05) is 36.2 Å². The molecule has 0 aliphatic carbocycles. The number of hydrogen-bond donors (Lipinski definition) is 1. The zero-order chi connectivity index (χ0) is 21.8. The highest BCUT2D eigenvalue weighted by Gasteiger charge is 2.27. The van der Waals surface area contributed by atoms with E-state index in [1.165, 1.54) is 6.07 Å². The molecule has 0 spiro atoms. The van der Waals surface area contributed by atoms with Crippen molar-refractivity contribution in [3.63, 3.8) is 0 Å². The maximum Gasteiger partial charge on any atom is 0.225 e. The Kier molecular flexibility index (Phi) is 6.46. The van der Waals surface area contributed by atoms with E-state index in [0.29, 0.717) is 36.8 Å². The van der Waals surface area contributed by atoms with Crippen molar-refractivity contribution in [2.75, 3.05) is 38.2 Å². The van der Waals surface area contributed by atoms with Crippen LogP contribution in [-0.2, 0) is 4.79 Å². The lowest BCUT2D eigenvalue weighted by molar-refractivity contribution is -0.116. The molecule has 0 bridgehead atoms. The molecule has 0 aromatic heterocycles. The molecule has 0 atom stereocenters. The molecule has 2 aromatic carbocycles. The summed E-state index contributed by atoms with van der Waals surface area (Å²) in [5, 5.41) is 2.57. The smallest absolute Gasteiger partial charge is 0.225 e. The molecule has 2 heterocycles. The average Bonchev–Trinajstić information content (AvgIpc) is 2.79. The van der Waals surface area contributed by atoms with Gasteiger partial charge in [0.2, 0.25) is 5.91 Å². The third kappa shape index (κ3) is 5.19. The molecule has 4 rings (SSSR count). The number of likely N-dealkylation sites (tertiary alicyclic amines) is 1. The van der Waals surface area contributed by atoms with Crippen LogP contribution in [0.4, 0.5) is 14.5 Å². The fourth-order valence-electron chi connectivity index (χ4n) is 3.91. The van der Waals surface area contributed by atoms with Gasteiger partial charge in [0.05, 0.1) is 0 Å². The molecule has 0 radical (unpaired) electrons. The summed E-state index contributed by atoms with van der Waals surface area (Å²) < 4.78 is 37.3. The van der Waals surface area contributed by atoms with E-state index in [9.17, 15) is 18.4 Å². The van der Waals surface area contributed by atoms with Crippen LogP contribution < -0.4 is 14.8 Å². The topological polar surface area (TPSA) is 67.9 Å². The summed E-state index contributed by atoms with van der Waals surface area (Å²) in [6, 6.07) is 8.58. The Morgan fingerprint density at radius 3 is 2.45 bits per heavy atom. The Balaban J connectivity index is 1.23. The molecule has 1 saturated heterocycles. The first-order valence-corrected chi connectivity index (χ1v) is 10.4. The predicted octanol–water partition coefficient (Wildman–Crippen LogP) is 3.66. The number of carbonyl (C=O) groups excluding carboxylic acids is 2. The van der Waals surface area contributed by atoms with Crippen LogP contribution in [0.15, 0.2) is 36.4 Å². The van der Waals surface area contributed by atoms with Gasteiger partial charge in [0.1, 0.15) is 13.2 Å². The monoisotopic (exact) mass is 430 g/mol. The maximum atomic E-state index is 13.2. The van der Waals surface area contributed by atoms with E-state index >= 15 is 0 Å². The Morgan fingerprint density at radius 2 is 1.71 bits per heavy atom. The highest BCUT2D eigenvalue weighted by atomic mass is 19.2. The highest BCUT2D eigenvalue weighted by Crippen LogP contribution is 2.32. The minimum atomic E-state index is -0.998. The summed E-state index contributed by atoms with van der Waals surface area (Å²) in [5.74, 6) is -0.891. The largest absolute Gasteiger partial charge is 0.486 e. The first-order chi connectivity index (χ1) is 15.0. The van der Waals surface area contributed by atoms with Gasteiger partial charge in [-0.25, -0.2) is 8.78 Å². The average molecular weight is 430 g/mol. The number of amides is 1. The lowest BCUT2D eigenvalue weighted by Gasteiger charge is -2.31. The number of ether oxygens (including phenoxy) is 2. The van der Waals surface area contributed by atoms with Crippen molar-refractivity contribution < 1.29 is 27.8 Å². The van der Waals surface area contributed by atoms with Gasteiger partial charge in [-0.1, -0.05) is 0 Å². The standard InChI is InChI=1S/C23H24F2N2O4/c24-18-3-2-17(14-19(18)25)26-22(28)7-10-27-8-5-15(6-9-27)23(29)16-1-4-20-21(13-16)31-12-11-30-20/h1-4,13-15H,5-12H2,(H,26,28). The molecule has 2 aromatic rings. The van der Waals surface area contributed by atoms with Crippen LogP contribution in [0.3, 0.4) is 0 Å². The van der Waals surface area contributed by atoms with E-state index < -0.39 is 11.6 Å². The van der Waals surface area contributed by atoms with Gasteiger partial charge in [-0.2, -0.15) is 0 Å². The first-order valence-electron chi connectivity index (χ1n) is 10.4. The van der Waals surface area contributed by atoms with Gasteiger partial charge in [-0.3, -0.25) is 9.59 Å². The van der Waals surface area contributed by atoms with Gasteiger partial charge < -0.3 is 19.7 Å². The van der Waals surface area contributed by atoms with Crippen molar-refractivity contribution in [2.24, 2.45) is 5.92 Å². The van der Waals surface area contributed by atoms with Gasteiger partial charge in [0.25, 0.3) is 0 Å². The zero-order valence-electron chi connectivity index (χ0n) is 17.0. The number of fused-ring (bicyclic) bond motifs is 1. The SMILES string of the molecule is O=C(CCN1CCC(C(=O)c2ccc3c(c2)OCCO3)CC1)Nc1ccc(F)c(F)c1. The number of nitrogens with zero attached hydrogens (tertiary/aromatic N) is 1. The molecule has 0 unspecified atom stereocenters. The van der Waals surface area contributed by atoms with Crippen LogP contribution in [0.25, 0.3) is 0 Å². The summed E-state index contributed by atoms with van der Waals surface area (Å²) in [7, 11) is 0. The van der Waals surface area contributed by atoms with Gasteiger partial charge in [-0.05, 0) is 56.3 Å². The maximum absolute atomic E-state index is 13.2. The summed E-state index contributed by atoms with van der Waals surface area (Å²) in [6.45, 7) is 2.98. The number of anilines is 1. The number of rotatable bonds is 6. The second-order valence-corrected chi connectivity index (χ2v) is 7.77. The fourth-order valence-corrected chi connectivity index (χ4v) is 3.91. The molecule has 31 heavy (non-hydrogen) atoms. The molecule has 8 heteroatoms. The Hall–Kier alpha value is -3.00. The van der Waals surface area contributed by atoms with E-state index in [2.05, 4.69) is 10.2 Å². The predicted molar refractivity (Wildman–Crippen MR) is 111 cm³/mol. The van der Waals surface area contributed by atoms with Crippen LogP contribution in [0, 0.1) is 17.6 Å². The first kappa shape index (κ1) is 21.2. The summed E-state index contributed by atoms with van der Waals surface area (Å²) in [4.78, 5) is 27.1. The van der Waals surface area contributed by atoms with Crippen LogP contribution in [0.1, 0.15) is 29.6 Å². The van der Waals surface area contributed by atoms with E-state index in [1.54, 1.807) is 18.2 Å². The van der Waals surface area contributed by atoms with Crippen molar-refractivity contribution in [3.8, 4) is 11.5 Å². The summed E-state index contributed by atoms with van der Waals surface area (Å²) in [5.41, 5.74) is 0.862. The summed E-state index contributed by atoms with van der Waals surface area (Å²) >= 11 is 0. The summed E-state index contributed by atoms with van der Waals surface area (Å²) in [6.07, 6.45) is 1.68. The lowest BCUT2D eigenvalue weighted by Crippen LogP contribution is -2.38. The van der Waals surface area contributed by atoms with Crippen molar-refractivity contribution in [3.05, 3.63) is 53.6 Å². The molecule has 2 aliphatic heterocycles. The van der Waals surface area contributed by atoms with Crippen LogP contribution in [-0.4, -0.2) is 49.4 Å².